The van der Waals surface area contributed by atoms with Gasteiger partial charge in [-0.3, -0.25) is 4.79 Å². The second-order valence-electron chi connectivity index (χ2n) is 3.67. The molecule has 1 aromatic heterocycles. The van der Waals surface area contributed by atoms with E-state index in [0.29, 0.717) is 5.56 Å². The lowest BCUT2D eigenvalue weighted by atomic mass is 10.2. The molecule has 2 rings (SSSR count). The van der Waals surface area contributed by atoms with E-state index >= 15 is 0 Å². The van der Waals surface area contributed by atoms with Gasteiger partial charge in [0.2, 0.25) is 0 Å². The third-order valence-electron chi connectivity index (χ3n) is 2.28. The summed E-state index contributed by atoms with van der Waals surface area (Å²) in [6.07, 6.45) is -4.42. The van der Waals surface area contributed by atoms with E-state index in [1.807, 2.05) is 0 Å². The first-order valence-corrected chi connectivity index (χ1v) is 7.05. The molecule has 0 saturated carbocycles. The fourth-order valence-corrected chi connectivity index (χ4v) is 2.73. The van der Waals surface area contributed by atoms with Crippen LogP contribution in [-0.4, -0.2) is 5.91 Å². The molecule has 0 aliphatic heterocycles. The number of hydrogen-bond acceptors (Lipinski definition) is 2. The number of alkyl halides is 3. The quantitative estimate of drug-likeness (QED) is 0.737. The molecule has 0 saturated heterocycles. The number of rotatable bonds is 2. The Morgan fingerprint density at radius 2 is 2.00 bits per heavy atom. The molecular weight excluding hydrogens is 390 g/mol. The van der Waals surface area contributed by atoms with E-state index in [-0.39, 0.29) is 5.69 Å². The van der Waals surface area contributed by atoms with Gasteiger partial charge >= 0.3 is 6.18 Å². The Labute approximate surface area is 124 Å². The monoisotopic (exact) mass is 397 g/mol. The van der Waals surface area contributed by atoms with Crippen LogP contribution >= 0.6 is 33.9 Å². The number of anilines is 1. The molecule has 7 heteroatoms. The number of thiophene rings is 1. The van der Waals surface area contributed by atoms with Crippen molar-refractivity contribution in [3.05, 3.63) is 49.7 Å². The Hall–Kier alpha value is -1.09. The number of nitrogens with one attached hydrogen (secondary N) is 1. The molecule has 2 nitrogen and oxygen atoms in total. The minimum Gasteiger partial charge on any atom is -0.322 e. The maximum atomic E-state index is 12.5. The van der Waals surface area contributed by atoms with E-state index in [2.05, 4.69) is 27.9 Å². The number of carbonyl (C=O) groups excluding carboxylic acids is 1. The van der Waals surface area contributed by atoms with Crippen LogP contribution in [0.5, 0.6) is 0 Å². The second kappa shape index (κ2) is 5.49. The van der Waals surface area contributed by atoms with E-state index < -0.39 is 17.6 Å². The summed E-state index contributed by atoms with van der Waals surface area (Å²) < 4.78 is 38.5. The minimum absolute atomic E-state index is 0.126. The van der Waals surface area contributed by atoms with Gasteiger partial charge in [0.25, 0.3) is 5.91 Å². The summed E-state index contributed by atoms with van der Waals surface area (Å²) in [6, 6.07) is 6.23. The highest BCUT2D eigenvalue weighted by Crippen LogP contribution is 2.30. The van der Waals surface area contributed by atoms with Crippen LogP contribution in [0.1, 0.15) is 15.9 Å². The van der Waals surface area contributed by atoms with Gasteiger partial charge in [0.05, 0.1) is 14.0 Å². The van der Waals surface area contributed by atoms with Crippen LogP contribution in [0, 0.1) is 2.88 Å². The summed E-state index contributed by atoms with van der Waals surface area (Å²) in [5.74, 6) is -0.418. The summed E-state index contributed by atoms with van der Waals surface area (Å²) in [6.45, 7) is 0. The zero-order valence-corrected chi connectivity index (χ0v) is 12.3. The summed E-state index contributed by atoms with van der Waals surface area (Å²) in [4.78, 5) is 11.8. The van der Waals surface area contributed by atoms with E-state index in [0.717, 1.165) is 15.0 Å². The fourth-order valence-electron chi connectivity index (χ4n) is 1.41. The van der Waals surface area contributed by atoms with E-state index in [1.54, 1.807) is 11.4 Å². The first kappa shape index (κ1) is 14.3. The first-order chi connectivity index (χ1) is 8.86. The first-order valence-electron chi connectivity index (χ1n) is 5.09. The van der Waals surface area contributed by atoms with Crippen LogP contribution < -0.4 is 5.32 Å². The van der Waals surface area contributed by atoms with Crippen molar-refractivity contribution >= 4 is 45.5 Å². The molecule has 1 amide bonds. The van der Waals surface area contributed by atoms with Crippen LogP contribution in [0.3, 0.4) is 0 Å². The Kier molecular flexibility index (Phi) is 4.14. The number of halogens is 4. The largest absolute Gasteiger partial charge is 0.416 e. The van der Waals surface area contributed by atoms with Gasteiger partial charge in [0.15, 0.2) is 0 Å². The number of hydrogen-bond donors (Lipinski definition) is 1. The standard InChI is InChI=1S/C12H7F3INOS/c13-12(14,15)8-2-1-3-9(5-8)17-11(18)7-4-10(16)19-6-7/h1-6H,(H,17,18). The molecule has 0 atom stereocenters. The third-order valence-corrected chi connectivity index (χ3v) is 4.07. The van der Waals surface area contributed by atoms with Crippen molar-refractivity contribution in [2.24, 2.45) is 0 Å². The highest BCUT2D eigenvalue weighted by atomic mass is 127. The molecular formula is C12H7F3INOS. The molecule has 1 heterocycles. The lowest BCUT2D eigenvalue weighted by molar-refractivity contribution is -0.137. The maximum Gasteiger partial charge on any atom is 0.416 e. The van der Waals surface area contributed by atoms with Crippen molar-refractivity contribution in [1.82, 2.24) is 0 Å². The third kappa shape index (κ3) is 3.69. The lowest BCUT2D eigenvalue weighted by Gasteiger charge is -2.09. The molecule has 1 aromatic carbocycles. The molecule has 1 N–H and O–H groups in total. The predicted octanol–water partition coefficient (Wildman–Crippen LogP) is 4.62. The van der Waals surface area contributed by atoms with Gasteiger partial charge in [-0.15, -0.1) is 11.3 Å². The highest BCUT2D eigenvalue weighted by molar-refractivity contribution is 14.1. The molecule has 0 aliphatic carbocycles. The van der Waals surface area contributed by atoms with Crippen LogP contribution in [-0.2, 0) is 6.18 Å². The van der Waals surface area contributed by atoms with Crippen LogP contribution in [0.2, 0.25) is 0 Å². The second-order valence-corrected chi connectivity index (χ2v) is 6.48. The van der Waals surface area contributed by atoms with Crippen molar-refractivity contribution in [3.8, 4) is 0 Å². The normalized spacial score (nSPS) is 11.4. The van der Waals surface area contributed by atoms with Crippen molar-refractivity contribution in [1.29, 1.82) is 0 Å². The van der Waals surface area contributed by atoms with E-state index in [4.69, 9.17) is 0 Å². The molecule has 0 radical (unpaired) electrons. The average Bonchev–Trinajstić information content (AvgIpc) is 2.75. The summed E-state index contributed by atoms with van der Waals surface area (Å²) in [5, 5.41) is 4.11. The SMILES string of the molecule is O=C(Nc1cccc(C(F)(F)F)c1)c1csc(I)c1. The lowest BCUT2D eigenvalue weighted by Crippen LogP contribution is -2.12. The fraction of sp³-hybridized carbons (Fsp3) is 0.0833. The number of benzene rings is 1. The van der Waals surface area contributed by atoms with E-state index in [1.165, 1.54) is 23.5 Å². The van der Waals surface area contributed by atoms with Crippen molar-refractivity contribution < 1.29 is 18.0 Å². The van der Waals surface area contributed by atoms with Gasteiger partial charge in [-0.2, -0.15) is 13.2 Å². The maximum absolute atomic E-state index is 12.5. The molecule has 0 spiro atoms. The van der Waals surface area contributed by atoms with Gasteiger partial charge in [0.1, 0.15) is 0 Å². The van der Waals surface area contributed by atoms with Crippen LogP contribution in [0.4, 0.5) is 18.9 Å². The van der Waals surface area contributed by atoms with Gasteiger partial charge in [0, 0.05) is 11.1 Å². The van der Waals surface area contributed by atoms with Crippen molar-refractivity contribution in [3.63, 3.8) is 0 Å². The van der Waals surface area contributed by atoms with Crippen LogP contribution in [0.15, 0.2) is 35.7 Å². The topological polar surface area (TPSA) is 29.1 Å². The van der Waals surface area contributed by atoms with E-state index in [9.17, 15) is 18.0 Å². The highest BCUT2D eigenvalue weighted by Gasteiger charge is 2.30. The Morgan fingerprint density at radius 1 is 1.26 bits per heavy atom. The molecule has 0 bridgehead atoms. The molecule has 0 aliphatic rings. The van der Waals surface area contributed by atoms with Gasteiger partial charge < -0.3 is 5.32 Å². The molecule has 19 heavy (non-hydrogen) atoms. The zero-order valence-electron chi connectivity index (χ0n) is 9.29. The summed E-state index contributed by atoms with van der Waals surface area (Å²) in [5.41, 5.74) is -0.224. The molecule has 100 valence electrons. The molecule has 0 unspecified atom stereocenters. The summed E-state index contributed by atoms with van der Waals surface area (Å²) in [7, 11) is 0. The number of carbonyl (C=O) groups is 1. The Balaban J connectivity index is 2.18. The van der Waals surface area contributed by atoms with Crippen molar-refractivity contribution in [2.45, 2.75) is 6.18 Å². The summed E-state index contributed by atoms with van der Waals surface area (Å²) >= 11 is 3.47. The predicted molar refractivity (Wildman–Crippen MR) is 76.4 cm³/mol. The zero-order chi connectivity index (χ0) is 14.0. The Bertz CT molecular complexity index is 609. The average molecular weight is 397 g/mol. The minimum atomic E-state index is -4.42. The molecule has 2 aromatic rings. The van der Waals surface area contributed by atoms with Gasteiger partial charge in [-0.25, -0.2) is 0 Å². The molecule has 0 fully saturated rings. The van der Waals surface area contributed by atoms with Crippen LogP contribution in [0.25, 0.3) is 0 Å². The van der Waals surface area contributed by atoms with Gasteiger partial charge in [-0.1, -0.05) is 6.07 Å². The Morgan fingerprint density at radius 3 is 2.58 bits per heavy atom. The smallest absolute Gasteiger partial charge is 0.322 e. The number of amides is 1. The van der Waals surface area contributed by atoms with Gasteiger partial charge in [-0.05, 0) is 46.9 Å². The van der Waals surface area contributed by atoms with Crippen molar-refractivity contribution in [2.75, 3.05) is 5.32 Å².